The molecule has 1 fully saturated rings. The minimum Gasteiger partial charge on any atom is -0.345 e. The van der Waals surface area contributed by atoms with Crippen molar-refractivity contribution in [3.63, 3.8) is 0 Å². The van der Waals surface area contributed by atoms with Crippen molar-refractivity contribution >= 4 is 5.91 Å². The molecule has 0 aliphatic carbocycles. The van der Waals surface area contributed by atoms with E-state index in [2.05, 4.69) is 11.9 Å². The lowest BCUT2D eigenvalue weighted by molar-refractivity contribution is -0.129. The Labute approximate surface area is 97.8 Å². The summed E-state index contributed by atoms with van der Waals surface area (Å²) in [5, 5.41) is 8.43. The van der Waals surface area contributed by atoms with Gasteiger partial charge in [0.05, 0.1) is 6.07 Å². The first-order chi connectivity index (χ1) is 7.63. The summed E-state index contributed by atoms with van der Waals surface area (Å²) in [4.78, 5) is 15.4. The molecule has 0 aromatic rings. The fourth-order valence-corrected chi connectivity index (χ4v) is 2.05. The van der Waals surface area contributed by atoms with E-state index in [1.165, 1.54) is 25.9 Å². The molecule has 90 valence electrons. The summed E-state index contributed by atoms with van der Waals surface area (Å²) in [6.45, 7) is 3.12. The molecular formula is C12H21N3O. The number of likely N-dealkylation sites (tertiary alicyclic amines) is 1. The van der Waals surface area contributed by atoms with E-state index < -0.39 is 0 Å². The average Bonchev–Trinajstić information content (AvgIpc) is 2.28. The van der Waals surface area contributed by atoms with Crippen molar-refractivity contribution in [3.8, 4) is 6.07 Å². The monoisotopic (exact) mass is 223 g/mol. The Hall–Kier alpha value is -1.08. The van der Waals surface area contributed by atoms with Gasteiger partial charge in [-0.2, -0.15) is 5.26 Å². The van der Waals surface area contributed by atoms with Crippen LogP contribution in [0.3, 0.4) is 0 Å². The van der Waals surface area contributed by atoms with Gasteiger partial charge in [0.15, 0.2) is 0 Å². The van der Waals surface area contributed by atoms with E-state index in [0.29, 0.717) is 0 Å². The lowest BCUT2D eigenvalue weighted by atomic mass is 9.94. The van der Waals surface area contributed by atoms with Crippen molar-refractivity contribution in [1.29, 1.82) is 5.26 Å². The first-order valence-corrected chi connectivity index (χ1v) is 5.93. The second-order valence-corrected chi connectivity index (χ2v) is 4.69. The highest BCUT2D eigenvalue weighted by atomic mass is 16.2. The molecule has 4 heteroatoms. The molecule has 0 radical (unpaired) electrons. The molecule has 0 aromatic heterocycles. The van der Waals surface area contributed by atoms with Crippen molar-refractivity contribution < 1.29 is 4.79 Å². The van der Waals surface area contributed by atoms with Crippen LogP contribution >= 0.6 is 0 Å². The number of carbonyl (C=O) groups excluding carboxylic acids is 1. The molecule has 1 heterocycles. The highest BCUT2D eigenvalue weighted by Gasteiger charge is 2.17. The molecule has 0 unspecified atom stereocenters. The van der Waals surface area contributed by atoms with E-state index in [1.54, 1.807) is 11.9 Å². The summed E-state index contributed by atoms with van der Waals surface area (Å²) in [7, 11) is 3.94. The Morgan fingerprint density at radius 1 is 1.50 bits per heavy atom. The van der Waals surface area contributed by atoms with E-state index in [4.69, 9.17) is 5.26 Å². The van der Waals surface area contributed by atoms with Gasteiger partial charge in [-0.3, -0.25) is 4.79 Å². The molecule has 1 saturated heterocycles. The molecule has 0 bridgehead atoms. The zero-order valence-corrected chi connectivity index (χ0v) is 10.3. The van der Waals surface area contributed by atoms with E-state index in [9.17, 15) is 4.79 Å². The second-order valence-electron chi connectivity index (χ2n) is 4.69. The van der Waals surface area contributed by atoms with Crippen LogP contribution in [0, 0.1) is 17.2 Å². The quantitative estimate of drug-likeness (QED) is 0.717. The first kappa shape index (κ1) is 13.0. The second kappa shape index (κ2) is 6.49. The summed E-state index contributed by atoms with van der Waals surface area (Å²) < 4.78 is 0. The van der Waals surface area contributed by atoms with Gasteiger partial charge >= 0.3 is 0 Å². The first-order valence-electron chi connectivity index (χ1n) is 5.93. The number of nitrogens with zero attached hydrogens (tertiary/aromatic N) is 3. The lowest BCUT2D eigenvalue weighted by Gasteiger charge is -2.30. The van der Waals surface area contributed by atoms with Crippen molar-refractivity contribution in [2.75, 3.05) is 33.7 Å². The number of nitriles is 1. The van der Waals surface area contributed by atoms with Crippen LogP contribution in [0.2, 0.25) is 0 Å². The van der Waals surface area contributed by atoms with Crippen LogP contribution in [-0.2, 0) is 4.79 Å². The molecular weight excluding hydrogens is 202 g/mol. The summed E-state index contributed by atoms with van der Waals surface area (Å²) in [5.41, 5.74) is 0. The Bertz CT molecular complexity index is 264. The fourth-order valence-electron chi connectivity index (χ4n) is 2.05. The third-order valence-electron chi connectivity index (χ3n) is 3.37. The maximum absolute atomic E-state index is 11.4. The van der Waals surface area contributed by atoms with Gasteiger partial charge in [0, 0.05) is 13.6 Å². The van der Waals surface area contributed by atoms with Crippen molar-refractivity contribution in [3.05, 3.63) is 0 Å². The Morgan fingerprint density at radius 2 is 2.12 bits per heavy atom. The Balaban J connectivity index is 2.19. The van der Waals surface area contributed by atoms with Gasteiger partial charge in [-0.1, -0.05) is 0 Å². The summed E-state index contributed by atoms with van der Waals surface area (Å²) in [5.74, 6) is 0.684. The van der Waals surface area contributed by atoms with Crippen LogP contribution in [0.5, 0.6) is 0 Å². The molecule has 1 aliphatic rings. The molecule has 0 spiro atoms. The van der Waals surface area contributed by atoms with Crippen LogP contribution in [-0.4, -0.2) is 49.4 Å². The Morgan fingerprint density at radius 3 is 2.69 bits per heavy atom. The van der Waals surface area contributed by atoms with Gasteiger partial charge in [0.25, 0.3) is 0 Å². The van der Waals surface area contributed by atoms with Gasteiger partial charge in [-0.25, -0.2) is 0 Å². The Kier molecular flexibility index (Phi) is 5.27. The largest absolute Gasteiger partial charge is 0.345 e. The third kappa shape index (κ3) is 4.19. The van der Waals surface area contributed by atoms with Gasteiger partial charge in [-0.05, 0) is 45.3 Å². The lowest BCUT2D eigenvalue weighted by Crippen LogP contribution is -2.33. The zero-order valence-electron chi connectivity index (χ0n) is 10.3. The van der Waals surface area contributed by atoms with Gasteiger partial charge in [-0.15, -0.1) is 0 Å². The van der Waals surface area contributed by atoms with Gasteiger partial charge < -0.3 is 9.80 Å². The number of carbonyl (C=O) groups is 1. The minimum absolute atomic E-state index is 0.00387. The predicted octanol–water partition coefficient (Wildman–Crippen LogP) is 1.09. The van der Waals surface area contributed by atoms with E-state index in [-0.39, 0.29) is 12.3 Å². The highest BCUT2D eigenvalue weighted by Crippen LogP contribution is 2.19. The molecule has 0 N–H and O–H groups in total. The van der Waals surface area contributed by atoms with Crippen molar-refractivity contribution in [2.45, 2.75) is 25.7 Å². The maximum Gasteiger partial charge on any atom is 0.236 e. The van der Waals surface area contributed by atoms with Crippen LogP contribution < -0.4 is 0 Å². The molecule has 1 aliphatic heterocycles. The molecule has 1 rings (SSSR count). The van der Waals surface area contributed by atoms with Crippen LogP contribution in [0.4, 0.5) is 0 Å². The number of hydrogen-bond acceptors (Lipinski definition) is 3. The van der Waals surface area contributed by atoms with Gasteiger partial charge in [0.2, 0.25) is 5.91 Å². The standard InChI is InChI=1S/C12H21N3O/c1-14-8-4-11(5-9-14)6-10-15(2)12(16)3-7-13/h11H,3-6,8-10H2,1-2H3. The maximum atomic E-state index is 11.4. The number of rotatable bonds is 4. The SMILES string of the molecule is CN1CCC(CCN(C)C(=O)CC#N)CC1. The topological polar surface area (TPSA) is 47.3 Å². The van der Waals surface area contributed by atoms with Crippen LogP contribution in [0.15, 0.2) is 0 Å². The zero-order chi connectivity index (χ0) is 12.0. The van der Waals surface area contributed by atoms with Crippen molar-refractivity contribution in [2.24, 2.45) is 5.92 Å². The van der Waals surface area contributed by atoms with E-state index in [1.807, 2.05) is 6.07 Å². The molecule has 4 nitrogen and oxygen atoms in total. The third-order valence-corrected chi connectivity index (χ3v) is 3.37. The van der Waals surface area contributed by atoms with Crippen LogP contribution in [0.1, 0.15) is 25.7 Å². The summed E-state index contributed by atoms with van der Waals surface area (Å²) in [6.07, 6.45) is 3.54. The molecule has 0 atom stereocenters. The molecule has 16 heavy (non-hydrogen) atoms. The summed E-state index contributed by atoms with van der Waals surface area (Å²) in [6, 6.07) is 1.89. The molecule has 0 saturated carbocycles. The molecule has 1 amide bonds. The smallest absolute Gasteiger partial charge is 0.236 e. The normalized spacial score (nSPS) is 18.1. The number of piperidine rings is 1. The highest BCUT2D eigenvalue weighted by molar-refractivity contribution is 5.77. The number of amides is 1. The predicted molar refractivity (Wildman–Crippen MR) is 62.7 cm³/mol. The van der Waals surface area contributed by atoms with Gasteiger partial charge in [0.1, 0.15) is 6.42 Å². The fraction of sp³-hybridized carbons (Fsp3) is 0.833. The van der Waals surface area contributed by atoms with E-state index in [0.717, 1.165) is 18.9 Å². The minimum atomic E-state index is -0.0598. The number of hydrogen-bond donors (Lipinski definition) is 0. The van der Waals surface area contributed by atoms with Crippen LogP contribution in [0.25, 0.3) is 0 Å². The van der Waals surface area contributed by atoms with Crippen molar-refractivity contribution in [1.82, 2.24) is 9.80 Å². The van der Waals surface area contributed by atoms with E-state index >= 15 is 0 Å². The average molecular weight is 223 g/mol. The summed E-state index contributed by atoms with van der Waals surface area (Å²) >= 11 is 0. The molecule has 0 aromatic carbocycles.